The molecule has 8 heteroatoms. The van der Waals surface area contributed by atoms with Gasteiger partial charge in [-0.15, -0.1) is 0 Å². The Morgan fingerprint density at radius 2 is 1.67 bits per heavy atom. The fraction of sp³-hybridized carbons (Fsp3) is 0.368. The van der Waals surface area contributed by atoms with Crippen LogP contribution in [0.15, 0.2) is 24.4 Å². The third kappa shape index (κ3) is 4.50. The maximum absolute atomic E-state index is 13.3. The average Bonchev–Trinajstić information content (AvgIpc) is 2.64. The lowest BCUT2D eigenvalue weighted by molar-refractivity contribution is 0.0925. The number of nitrogens with zero attached hydrogens (tertiary/aromatic N) is 1. The molecule has 0 unspecified atom stereocenters. The first-order chi connectivity index (χ1) is 12.8. The third-order valence-electron chi connectivity index (χ3n) is 4.81. The van der Waals surface area contributed by atoms with Gasteiger partial charge in [0.05, 0.1) is 0 Å². The molecule has 0 atom stereocenters. The van der Waals surface area contributed by atoms with E-state index in [1.165, 1.54) is 0 Å². The molecule has 1 fully saturated rings. The number of nitrogens with one attached hydrogen (secondary N) is 2. The number of anilines is 2. The highest BCUT2D eigenvalue weighted by Gasteiger charge is 2.24. The smallest absolute Gasteiger partial charge is 0.251 e. The summed E-state index contributed by atoms with van der Waals surface area (Å²) in [6.07, 6.45) is 4.72. The lowest BCUT2D eigenvalue weighted by atomic mass is 9.91. The van der Waals surface area contributed by atoms with E-state index in [4.69, 9.17) is 5.73 Å². The van der Waals surface area contributed by atoms with Gasteiger partial charge < -0.3 is 16.4 Å². The number of nitrogens with two attached hydrogens (primary N) is 1. The molecule has 5 nitrogen and oxygen atoms in total. The normalized spacial score (nSPS) is 19.6. The molecule has 3 rings (SSSR count). The lowest BCUT2D eigenvalue weighted by Crippen LogP contribution is -2.40. The van der Waals surface area contributed by atoms with Gasteiger partial charge in [0.15, 0.2) is 17.5 Å². The Kier molecular flexibility index (Phi) is 5.53. The Labute approximate surface area is 155 Å². The monoisotopic (exact) mass is 378 g/mol. The molecule has 1 aromatic carbocycles. The van der Waals surface area contributed by atoms with Gasteiger partial charge in [0.25, 0.3) is 5.91 Å². The molecule has 1 aliphatic rings. The largest absolute Gasteiger partial charge is 0.398 e. The molecule has 0 radical (unpaired) electrons. The SMILES string of the molecule is Cc1cnc(N[C@H]2CC[C@@H](NC(=O)c3cc(F)c(F)c(F)c3)CC2)cc1N. The molecule has 1 amide bonds. The average molecular weight is 378 g/mol. The summed E-state index contributed by atoms with van der Waals surface area (Å²) in [4.78, 5) is 16.5. The molecule has 1 aromatic heterocycles. The molecular formula is C19H21F3N4O. The summed E-state index contributed by atoms with van der Waals surface area (Å²) in [6, 6.07) is 3.29. The van der Waals surface area contributed by atoms with E-state index in [0.717, 1.165) is 18.4 Å². The second kappa shape index (κ2) is 7.85. The molecule has 1 aliphatic carbocycles. The Hall–Kier alpha value is -2.77. The van der Waals surface area contributed by atoms with Crippen LogP contribution in [-0.4, -0.2) is 23.0 Å². The van der Waals surface area contributed by atoms with Crippen molar-refractivity contribution < 1.29 is 18.0 Å². The molecule has 27 heavy (non-hydrogen) atoms. The number of aromatic nitrogens is 1. The summed E-state index contributed by atoms with van der Waals surface area (Å²) in [5.74, 6) is -4.24. The van der Waals surface area contributed by atoms with Crippen LogP contribution in [0.4, 0.5) is 24.7 Å². The topological polar surface area (TPSA) is 80.0 Å². The lowest BCUT2D eigenvalue weighted by Gasteiger charge is -2.30. The Morgan fingerprint density at radius 1 is 1.07 bits per heavy atom. The van der Waals surface area contributed by atoms with Crippen molar-refractivity contribution in [2.24, 2.45) is 0 Å². The second-order valence-electron chi connectivity index (χ2n) is 6.85. The van der Waals surface area contributed by atoms with Crippen molar-refractivity contribution in [1.82, 2.24) is 10.3 Å². The van der Waals surface area contributed by atoms with Crippen LogP contribution in [0.2, 0.25) is 0 Å². The maximum Gasteiger partial charge on any atom is 0.251 e. The van der Waals surface area contributed by atoms with Crippen LogP contribution in [0.25, 0.3) is 0 Å². The first kappa shape index (κ1) is 19.0. The fourth-order valence-electron chi connectivity index (χ4n) is 3.16. The fourth-order valence-corrected chi connectivity index (χ4v) is 3.16. The third-order valence-corrected chi connectivity index (χ3v) is 4.81. The van der Waals surface area contributed by atoms with E-state index in [1.54, 1.807) is 12.3 Å². The van der Waals surface area contributed by atoms with Gasteiger partial charge in [0, 0.05) is 35.6 Å². The summed E-state index contributed by atoms with van der Waals surface area (Å²) in [5, 5.41) is 6.08. The van der Waals surface area contributed by atoms with Crippen molar-refractivity contribution in [3.8, 4) is 0 Å². The molecule has 4 N–H and O–H groups in total. The van der Waals surface area contributed by atoms with Crippen LogP contribution in [-0.2, 0) is 0 Å². The number of nitrogen functional groups attached to an aromatic ring is 1. The molecule has 0 spiro atoms. The van der Waals surface area contributed by atoms with E-state index in [1.807, 2.05) is 6.92 Å². The number of halogens is 3. The molecule has 1 heterocycles. The van der Waals surface area contributed by atoms with Crippen molar-refractivity contribution >= 4 is 17.4 Å². The highest BCUT2D eigenvalue weighted by atomic mass is 19.2. The van der Waals surface area contributed by atoms with Crippen LogP contribution >= 0.6 is 0 Å². The molecule has 0 aliphatic heterocycles. The molecular weight excluding hydrogens is 357 g/mol. The Balaban J connectivity index is 1.53. The molecule has 0 bridgehead atoms. The summed E-state index contributed by atoms with van der Waals surface area (Å²) in [7, 11) is 0. The number of pyridine rings is 1. The van der Waals surface area contributed by atoms with Gasteiger partial charge in [-0.2, -0.15) is 0 Å². The molecule has 1 saturated carbocycles. The maximum atomic E-state index is 13.3. The van der Waals surface area contributed by atoms with E-state index in [2.05, 4.69) is 15.6 Å². The van der Waals surface area contributed by atoms with E-state index in [9.17, 15) is 18.0 Å². The summed E-state index contributed by atoms with van der Waals surface area (Å²) in [6.45, 7) is 1.89. The molecule has 0 saturated heterocycles. The van der Waals surface area contributed by atoms with Gasteiger partial charge in [0.2, 0.25) is 0 Å². The number of carbonyl (C=O) groups is 1. The van der Waals surface area contributed by atoms with Gasteiger partial charge in [-0.3, -0.25) is 4.79 Å². The van der Waals surface area contributed by atoms with Gasteiger partial charge in [-0.1, -0.05) is 0 Å². The second-order valence-corrected chi connectivity index (χ2v) is 6.85. The van der Waals surface area contributed by atoms with E-state index < -0.39 is 23.4 Å². The van der Waals surface area contributed by atoms with Gasteiger partial charge in [-0.05, 0) is 50.3 Å². The summed E-state index contributed by atoms with van der Waals surface area (Å²) < 4.78 is 39.5. The number of benzene rings is 1. The van der Waals surface area contributed by atoms with Crippen LogP contribution in [0.1, 0.15) is 41.6 Å². The molecule has 144 valence electrons. The minimum absolute atomic E-state index is 0.109. The van der Waals surface area contributed by atoms with Crippen LogP contribution in [0.5, 0.6) is 0 Å². The van der Waals surface area contributed by atoms with Crippen molar-refractivity contribution in [3.63, 3.8) is 0 Å². The van der Waals surface area contributed by atoms with Crippen molar-refractivity contribution in [2.45, 2.75) is 44.7 Å². The van der Waals surface area contributed by atoms with Gasteiger partial charge in [-0.25, -0.2) is 18.2 Å². The van der Waals surface area contributed by atoms with E-state index in [-0.39, 0.29) is 17.6 Å². The van der Waals surface area contributed by atoms with Gasteiger partial charge >= 0.3 is 0 Å². The van der Waals surface area contributed by atoms with E-state index in [0.29, 0.717) is 36.5 Å². The minimum atomic E-state index is -1.58. The quantitative estimate of drug-likeness (QED) is 0.711. The summed E-state index contributed by atoms with van der Waals surface area (Å²) >= 11 is 0. The zero-order chi connectivity index (χ0) is 19.6. The predicted molar refractivity (Wildman–Crippen MR) is 96.8 cm³/mol. The number of hydrogen-bond acceptors (Lipinski definition) is 4. The van der Waals surface area contributed by atoms with Crippen LogP contribution in [0.3, 0.4) is 0 Å². The van der Waals surface area contributed by atoms with Crippen molar-refractivity contribution in [2.75, 3.05) is 11.1 Å². The summed E-state index contributed by atoms with van der Waals surface area (Å²) in [5.41, 5.74) is 7.24. The number of carbonyl (C=O) groups excluding carboxylic acids is 1. The zero-order valence-electron chi connectivity index (χ0n) is 14.9. The van der Waals surface area contributed by atoms with Crippen LogP contribution in [0, 0.1) is 24.4 Å². The molecule has 2 aromatic rings. The minimum Gasteiger partial charge on any atom is -0.398 e. The highest BCUT2D eigenvalue weighted by molar-refractivity contribution is 5.94. The van der Waals surface area contributed by atoms with Gasteiger partial charge in [0.1, 0.15) is 5.82 Å². The standard InChI is InChI=1S/C19H21F3N4O/c1-10-9-24-17(8-16(10)23)25-12-2-4-13(5-3-12)26-19(27)11-6-14(20)18(22)15(21)7-11/h6-9,12-13H,2-5H2,1H3,(H,26,27)(H3,23,24,25)/t12-,13+. The van der Waals surface area contributed by atoms with Crippen molar-refractivity contribution in [3.05, 3.63) is 53.0 Å². The predicted octanol–water partition coefficient (Wildman–Crippen LogP) is 3.54. The number of rotatable bonds is 4. The number of hydrogen-bond donors (Lipinski definition) is 3. The Morgan fingerprint density at radius 3 is 2.26 bits per heavy atom. The number of aryl methyl sites for hydroxylation is 1. The van der Waals surface area contributed by atoms with Crippen molar-refractivity contribution in [1.29, 1.82) is 0 Å². The first-order valence-corrected chi connectivity index (χ1v) is 8.77. The number of amides is 1. The van der Waals surface area contributed by atoms with E-state index >= 15 is 0 Å². The highest BCUT2D eigenvalue weighted by Crippen LogP contribution is 2.23. The van der Waals surface area contributed by atoms with Crippen LogP contribution < -0.4 is 16.4 Å². The first-order valence-electron chi connectivity index (χ1n) is 8.77. The zero-order valence-corrected chi connectivity index (χ0v) is 14.9. The Bertz CT molecular complexity index is 828.